The number of nitrogens with one attached hydrogen (secondary N) is 1. The Bertz CT molecular complexity index is 568. The number of para-hydroxylation sites is 1. The fourth-order valence-corrected chi connectivity index (χ4v) is 1.60. The van der Waals surface area contributed by atoms with Gasteiger partial charge in [-0.05, 0) is 26.0 Å². The molecule has 4 nitrogen and oxygen atoms in total. The Labute approximate surface area is 102 Å². The molecule has 0 aliphatic carbocycles. The minimum Gasteiger partial charge on any atom is -0.361 e. The van der Waals surface area contributed by atoms with E-state index in [1.807, 2.05) is 0 Å². The summed E-state index contributed by atoms with van der Waals surface area (Å²) in [5.74, 6) is -2.04. The molecule has 1 heterocycles. The molecule has 0 aliphatic heterocycles. The number of carbonyl (C=O) groups excluding carboxylic acids is 1. The van der Waals surface area contributed by atoms with E-state index in [4.69, 9.17) is 4.52 Å². The van der Waals surface area contributed by atoms with Gasteiger partial charge in [-0.2, -0.15) is 0 Å². The van der Waals surface area contributed by atoms with Crippen LogP contribution < -0.4 is 5.32 Å². The number of aryl methyl sites for hydroxylation is 2. The van der Waals surface area contributed by atoms with Crippen molar-refractivity contribution in [3.63, 3.8) is 0 Å². The number of rotatable bonds is 2. The summed E-state index contributed by atoms with van der Waals surface area (Å²) >= 11 is 0. The summed E-state index contributed by atoms with van der Waals surface area (Å²) in [5, 5.41) is 5.77. The average Bonchev–Trinajstić information content (AvgIpc) is 2.64. The lowest BCUT2D eigenvalue weighted by Gasteiger charge is -2.06. The molecule has 2 rings (SSSR count). The number of nitrogens with zero attached hydrogens (tertiary/aromatic N) is 1. The summed E-state index contributed by atoms with van der Waals surface area (Å²) in [6, 6.07) is 3.34. The zero-order valence-electron chi connectivity index (χ0n) is 9.75. The van der Waals surface area contributed by atoms with Gasteiger partial charge in [-0.25, -0.2) is 8.78 Å². The molecule has 0 aliphatic rings. The van der Waals surface area contributed by atoms with Crippen LogP contribution in [0.2, 0.25) is 0 Å². The fraction of sp³-hybridized carbons (Fsp3) is 0.167. The monoisotopic (exact) mass is 252 g/mol. The Balaban J connectivity index is 2.33. The molecule has 0 unspecified atom stereocenters. The molecule has 0 saturated heterocycles. The molecule has 1 aromatic heterocycles. The van der Waals surface area contributed by atoms with Gasteiger partial charge < -0.3 is 9.84 Å². The molecule has 94 valence electrons. The summed E-state index contributed by atoms with van der Waals surface area (Å²) in [6.07, 6.45) is 0. The number of halogens is 2. The molecule has 2 aromatic rings. The number of amides is 1. The van der Waals surface area contributed by atoms with Crippen molar-refractivity contribution in [1.82, 2.24) is 5.16 Å². The lowest BCUT2D eigenvalue weighted by atomic mass is 10.2. The average molecular weight is 252 g/mol. The van der Waals surface area contributed by atoms with Crippen LogP contribution in [-0.2, 0) is 0 Å². The van der Waals surface area contributed by atoms with Crippen molar-refractivity contribution in [3.05, 3.63) is 46.9 Å². The van der Waals surface area contributed by atoms with Gasteiger partial charge in [0.05, 0.1) is 5.69 Å². The Kier molecular flexibility index (Phi) is 3.10. The second kappa shape index (κ2) is 4.56. The van der Waals surface area contributed by atoms with Gasteiger partial charge in [0.25, 0.3) is 5.91 Å². The van der Waals surface area contributed by atoms with Gasteiger partial charge in [0.2, 0.25) is 0 Å². The number of anilines is 1. The first kappa shape index (κ1) is 12.2. The van der Waals surface area contributed by atoms with Crippen molar-refractivity contribution in [1.29, 1.82) is 0 Å². The second-order valence-electron chi connectivity index (χ2n) is 3.75. The van der Waals surface area contributed by atoms with E-state index in [1.165, 1.54) is 6.07 Å². The first-order valence-electron chi connectivity index (χ1n) is 5.19. The molecule has 1 aromatic carbocycles. The molecule has 0 fully saturated rings. The van der Waals surface area contributed by atoms with E-state index in [0.717, 1.165) is 12.1 Å². The van der Waals surface area contributed by atoms with E-state index >= 15 is 0 Å². The molecule has 0 saturated carbocycles. The van der Waals surface area contributed by atoms with Crippen LogP contribution in [-0.4, -0.2) is 11.1 Å². The summed E-state index contributed by atoms with van der Waals surface area (Å²) in [4.78, 5) is 11.9. The maximum absolute atomic E-state index is 13.4. The van der Waals surface area contributed by atoms with Crippen LogP contribution in [0, 0.1) is 25.5 Å². The van der Waals surface area contributed by atoms with Crippen molar-refractivity contribution < 1.29 is 18.1 Å². The number of benzene rings is 1. The predicted octanol–water partition coefficient (Wildman–Crippen LogP) is 2.82. The van der Waals surface area contributed by atoms with Crippen molar-refractivity contribution in [2.24, 2.45) is 0 Å². The van der Waals surface area contributed by atoms with E-state index in [-0.39, 0.29) is 5.56 Å². The Morgan fingerprint density at radius 1 is 1.28 bits per heavy atom. The zero-order chi connectivity index (χ0) is 13.3. The molecular formula is C12H10F2N2O2. The predicted molar refractivity (Wildman–Crippen MR) is 60.3 cm³/mol. The Hall–Kier alpha value is -2.24. The molecule has 18 heavy (non-hydrogen) atoms. The third-order valence-electron chi connectivity index (χ3n) is 2.46. The van der Waals surface area contributed by atoms with Crippen LogP contribution in [0.15, 0.2) is 22.7 Å². The van der Waals surface area contributed by atoms with Crippen molar-refractivity contribution >= 4 is 11.6 Å². The third-order valence-corrected chi connectivity index (χ3v) is 2.46. The largest absolute Gasteiger partial charge is 0.361 e. The van der Waals surface area contributed by atoms with Gasteiger partial charge in [-0.1, -0.05) is 11.2 Å². The minimum absolute atomic E-state index is 0.178. The highest BCUT2D eigenvalue weighted by atomic mass is 19.1. The minimum atomic E-state index is -0.838. The van der Waals surface area contributed by atoms with Crippen molar-refractivity contribution in [2.75, 3.05) is 5.32 Å². The lowest BCUT2D eigenvalue weighted by molar-refractivity contribution is 0.102. The molecule has 0 spiro atoms. The highest BCUT2D eigenvalue weighted by Crippen LogP contribution is 2.20. The maximum atomic E-state index is 13.4. The fourth-order valence-electron chi connectivity index (χ4n) is 1.60. The van der Waals surface area contributed by atoms with Crippen molar-refractivity contribution in [2.45, 2.75) is 13.8 Å². The van der Waals surface area contributed by atoms with Crippen LogP contribution in [0.1, 0.15) is 21.8 Å². The number of aromatic nitrogens is 1. The van der Waals surface area contributed by atoms with E-state index in [9.17, 15) is 13.6 Å². The van der Waals surface area contributed by atoms with E-state index < -0.39 is 23.2 Å². The summed E-state index contributed by atoms with van der Waals surface area (Å²) in [7, 11) is 0. The van der Waals surface area contributed by atoms with E-state index in [1.54, 1.807) is 13.8 Å². The zero-order valence-corrected chi connectivity index (χ0v) is 9.75. The molecule has 1 amide bonds. The van der Waals surface area contributed by atoms with Crippen LogP contribution >= 0.6 is 0 Å². The highest BCUT2D eigenvalue weighted by Gasteiger charge is 2.20. The molecular weight excluding hydrogens is 242 g/mol. The van der Waals surface area contributed by atoms with Crippen molar-refractivity contribution in [3.8, 4) is 0 Å². The van der Waals surface area contributed by atoms with Gasteiger partial charge in [-0.15, -0.1) is 0 Å². The normalized spacial score (nSPS) is 10.4. The maximum Gasteiger partial charge on any atom is 0.261 e. The molecule has 6 heteroatoms. The molecule has 0 radical (unpaired) electrons. The molecule has 0 bridgehead atoms. The summed E-state index contributed by atoms with van der Waals surface area (Å²) in [5.41, 5.74) is 0.0573. The number of hydrogen-bond donors (Lipinski definition) is 1. The number of hydrogen-bond acceptors (Lipinski definition) is 3. The van der Waals surface area contributed by atoms with Gasteiger partial charge in [-0.3, -0.25) is 4.79 Å². The quantitative estimate of drug-likeness (QED) is 0.894. The topological polar surface area (TPSA) is 55.1 Å². The highest BCUT2D eigenvalue weighted by molar-refractivity contribution is 6.05. The van der Waals surface area contributed by atoms with Crippen LogP contribution in [0.3, 0.4) is 0 Å². The lowest BCUT2D eigenvalue weighted by Crippen LogP contribution is -2.15. The van der Waals surface area contributed by atoms with Gasteiger partial charge in [0.1, 0.15) is 28.6 Å². The Morgan fingerprint density at radius 2 is 1.89 bits per heavy atom. The van der Waals surface area contributed by atoms with E-state index in [0.29, 0.717) is 11.5 Å². The summed E-state index contributed by atoms with van der Waals surface area (Å²) < 4.78 is 31.5. The van der Waals surface area contributed by atoms with Crippen LogP contribution in [0.5, 0.6) is 0 Å². The SMILES string of the molecule is Cc1noc(C)c1C(=O)Nc1c(F)cccc1F. The van der Waals surface area contributed by atoms with E-state index in [2.05, 4.69) is 10.5 Å². The standard InChI is InChI=1S/C12H10F2N2O2/c1-6-10(7(2)18-16-6)12(17)15-11-8(13)4-3-5-9(11)14/h3-5H,1-2H3,(H,15,17). The number of carbonyl (C=O) groups is 1. The van der Waals surface area contributed by atoms with Gasteiger partial charge in [0.15, 0.2) is 0 Å². The van der Waals surface area contributed by atoms with Crippen LogP contribution in [0.25, 0.3) is 0 Å². The van der Waals surface area contributed by atoms with Crippen LogP contribution in [0.4, 0.5) is 14.5 Å². The smallest absolute Gasteiger partial charge is 0.261 e. The first-order valence-corrected chi connectivity index (χ1v) is 5.19. The first-order chi connectivity index (χ1) is 8.50. The Morgan fingerprint density at radius 3 is 2.39 bits per heavy atom. The third kappa shape index (κ3) is 2.09. The molecule has 1 N–H and O–H groups in total. The van der Waals surface area contributed by atoms with Gasteiger partial charge >= 0.3 is 0 Å². The molecule has 0 atom stereocenters. The van der Waals surface area contributed by atoms with Gasteiger partial charge in [0, 0.05) is 0 Å². The summed E-state index contributed by atoms with van der Waals surface area (Å²) in [6.45, 7) is 3.12. The second-order valence-corrected chi connectivity index (χ2v) is 3.75.